The maximum absolute atomic E-state index is 13.7. The first-order valence-electron chi connectivity index (χ1n) is 11.9. The van der Waals surface area contributed by atoms with Crippen LogP contribution in [0.1, 0.15) is 39.9 Å². The van der Waals surface area contributed by atoms with Gasteiger partial charge in [0.2, 0.25) is 0 Å². The molecule has 5 nitrogen and oxygen atoms in total. The van der Waals surface area contributed by atoms with Gasteiger partial charge in [0.15, 0.2) is 0 Å². The molecule has 0 saturated carbocycles. The Bertz CT molecular complexity index is 1270. The predicted octanol–water partition coefficient (Wildman–Crippen LogP) is 5.58. The molecule has 178 valence electrons. The van der Waals surface area contributed by atoms with Gasteiger partial charge in [-0.05, 0) is 55.2 Å². The summed E-state index contributed by atoms with van der Waals surface area (Å²) < 4.78 is 5.62. The highest BCUT2D eigenvalue weighted by Gasteiger charge is 2.30. The van der Waals surface area contributed by atoms with E-state index in [-0.39, 0.29) is 17.9 Å². The van der Waals surface area contributed by atoms with E-state index in [1.807, 2.05) is 79.7 Å². The molecule has 3 aromatic rings. The molecule has 1 fully saturated rings. The van der Waals surface area contributed by atoms with Gasteiger partial charge in [0.05, 0.1) is 23.2 Å². The summed E-state index contributed by atoms with van der Waals surface area (Å²) >= 11 is 1.45. The van der Waals surface area contributed by atoms with Gasteiger partial charge in [-0.3, -0.25) is 9.59 Å². The minimum absolute atomic E-state index is 0.0650. The molecule has 2 aliphatic heterocycles. The number of carbonyl (C=O) groups excluding carboxylic acids is 2. The number of amides is 2. The van der Waals surface area contributed by atoms with Crippen molar-refractivity contribution in [2.45, 2.75) is 37.3 Å². The maximum atomic E-state index is 13.7. The molecule has 2 amide bonds. The minimum atomic E-state index is -0.151. The molecule has 1 N–H and O–H groups in total. The van der Waals surface area contributed by atoms with Crippen LogP contribution in [0.15, 0.2) is 82.6 Å². The SMILES string of the molecule is Cc1cccc(CN2C(=O)/C(=C/c3ccccc3)Sc3ccc(C(=O)NC[C@H]4CCCO4)cc32)c1. The first kappa shape index (κ1) is 23.4. The Morgan fingerprint density at radius 2 is 1.97 bits per heavy atom. The highest BCUT2D eigenvalue weighted by Crippen LogP contribution is 2.43. The smallest absolute Gasteiger partial charge is 0.265 e. The van der Waals surface area contributed by atoms with Gasteiger partial charge in [-0.1, -0.05) is 71.9 Å². The van der Waals surface area contributed by atoms with Gasteiger partial charge in [0.1, 0.15) is 0 Å². The van der Waals surface area contributed by atoms with Crippen molar-refractivity contribution in [1.82, 2.24) is 5.32 Å². The van der Waals surface area contributed by atoms with Crippen molar-refractivity contribution in [2.75, 3.05) is 18.1 Å². The lowest BCUT2D eigenvalue weighted by Gasteiger charge is -2.31. The van der Waals surface area contributed by atoms with Crippen LogP contribution in [-0.2, 0) is 16.1 Å². The molecule has 0 aromatic heterocycles. The molecule has 1 atom stereocenters. The van der Waals surface area contributed by atoms with Gasteiger partial charge in [0, 0.05) is 23.6 Å². The summed E-state index contributed by atoms with van der Waals surface area (Å²) in [4.78, 5) is 30.0. The van der Waals surface area contributed by atoms with Crippen molar-refractivity contribution in [3.8, 4) is 0 Å². The highest BCUT2D eigenvalue weighted by molar-refractivity contribution is 8.04. The van der Waals surface area contributed by atoms with E-state index in [0.717, 1.165) is 46.7 Å². The van der Waals surface area contributed by atoms with Crippen LogP contribution < -0.4 is 10.2 Å². The zero-order valence-electron chi connectivity index (χ0n) is 19.7. The van der Waals surface area contributed by atoms with E-state index in [2.05, 4.69) is 11.4 Å². The Labute approximate surface area is 210 Å². The molecule has 5 rings (SSSR count). The lowest BCUT2D eigenvalue weighted by atomic mass is 10.1. The summed E-state index contributed by atoms with van der Waals surface area (Å²) in [5.41, 5.74) is 4.47. The summed E-state index contributed by atoms with van der Waals surface area (Å²) in [5, 5.41) is 2.99. The van der Waals surface area contributed by atoms with E-state index in [9.17, 15) is 9.59 Å². The number of hydrogen-bond acceptors (Lipinski definition) is 4. The first-order chi connectivity index (χ1) is 17.1. The number of nitrogens with zero attached hydrogens (tertiary/aromatic N) is 1. The Balaban J connectivity index is 1.46. The highest BCUT2D eigenvalue weighted by atomic mass is 32.2. The van der Waals surface area contributed by atoms with Crippen molar-refractivity contribution in [2.24, 2.45) is 0 Å². The largest absolute Gasteiger partial charge is 0.376 e. The summed E-state index contributed by atoms with van der Waals surface area (Å²) in [5.74, 6) is -0.216. The average molecular weight is 485 g/mol. The van der Waals surface area contributed by atoms with Crippen LogP contribution in [-0.4, -0.2) is 31.1 Å². The molecule has 3 aromatic carbocycles. The molecule has 6 heteroatoms. The summed E-state index contributed by atoms with van der Waals surface area (Å²) in [6.45, 7) is 3.73. The maximum Gasteiger partial charge on any atom is 0.265 e. The second-order valence-corrected chi connectivity index (χ2v) is 10.0. The third kappa shape index (κ3) is 5.50. The van der Waals surface area contributed by atoms with Gasteiger partial charge >= 0.3 is 0 Å². The molecule has 0 bridgehead atoms. The third-order valence-electron chi connectivity index (χ3n) is 6.22. The second kappa shape index (κ2) is 10.5. The van der Waals surface area contributed by atoms with Crippen molar-refractivity contribution < 1.29 is 14.3 Å². The van der Waals surface area contributed by atoms with E-state index >= 15 is 0 Å². The van der Waals surface area contributed by atoms with Gasteiger partial charge < -0.3 is 15.0 Å². The third-order valence-corrected chi connectivity index (χ3v) is 7.30. The Kier molecular flexibility index (Phi) is 7.02. The fourth-order valence-electron chi connectivity index (χ4n) is 4.42. The quantitative estimate of drug-likeness (QED) is 0.464. The van der Waals surface area contributed by atoms with Crippen LogP contribution in [0.25, 0.3) is 6.08 Å². The average Bonchev–Trinajstić information content (AvgIpc) is 3.39. The fourth-order valence-corrected chi connectivity index (χ4v) is 5.46. The number of anilines is 1. The lowest BCUT2D eigenvalue weighted by Crippen LogP contribution is -2.35. The van der Waals surface area contributed by atoms with Crippen LogP contribution in [0, 0.1) is 6.92 Å². The predicted molar refractivity (Wildman–Crippen MR) is 140 cm³/mol. The number of ether oxygens (including phenoxy) is 1. The fraction of sp³-hybridized carbons (Fsp3) is 0.241. The van der Waals surface area contributed by atoms with Gasteiger partial charge in [-0.25, -0.2) is 0 Å². The van der Waals surface area contributed by atoms with E-state index in [1.165, 1.54) is 11.8 Å². The number of nitrogens with one attached hydrogen (secondary N) is 1. The molecule has 0 radical (unpaired) electrons. The molecule has 35 heavy (non-hydrogen) atoms. The van der Waals surface area contributed by atoms with Crippen LogP contribution >= 0.6 is 11.8 Å². The Morgan fingerprint density at radius 1 is 1.11 bits per heavy atom. The van der Waals surface area contributed by atoms with Gasteiger partial charge in [-0.15, -0.1) is 0 Å². The Hall–Kier alpha value is -3.35. The van der Waals surface area contributed by atoms with Crippen molar-refractivity contribution in [1.29, 1.82) is 0 Å². The zero-order chi connectivity index (χ0) is 24.2. The van der Waals surface area contributed by atoms with Crippen molar-refractivity contribution in [3.63, 3.8) is 0 Å². The number of thioether (sulfide) groups is 1. The first-order valence-corrected chi connectivity index (χ1v) is 12.7. The molecular weight excluding hydrogens is 456 g/mol. The molecule has 2 aliphatic rings. The second-order valence-electron chi connectivity index (χ2n) is 8.93. The summed E-state index contributed by atoms with van der Waals surface area (Å²) in [6.07, 6.45) is 4.01. The molecular formula is C29H28N2O3S. The molecule has 0 aliphatic carbocycles. The normalized spacial score (nSPS) is 18.5. The van der Waals surface area contributed by atoms with Gasteiger partial charge in [-0.2, -0.15) is 0 Å². The van der Waals surface area contributed by atoms with Crippen LogP contribution in [0.5, 0.6) is 0 Å². The summed E-state index contributed by atoms with van der Waals surface area (Å²) in [6, 6.07) is 23.6. The van der Waals surface area contributed by atoms with Crippen LogP contribution in [0.4, 0.5) is 5.69 Å². The Morgan fingerprint density at radius 3 is 2.74 bits per heavy atom. The monoisotopic (exact) mass is 484 g/mol. The number of benzene rings is 3. The van der Waals surface area contributed by atoms with E-state index in [4.69, 9.17) is 4.74 Å². The standard InChI is InChI=1S/C29H28N2O3S/c1-20-7-5-10-22(15-20)19-31-25-17-23(28(32)30-18-24-11-6-14-34-24)12-13-26(25)35-27(29(31)33)16-21-8-3-2-4-9-21/h2-5,7-10,12-13,15-17,24H,6,11,14,18-19H2,1H3,(H,30,32)/b27-16-/t24-/m1/s1. The number of rotatable bonds is 6. The molecule has 1 saturated heterocycles. The zero-order valence-corrected chi connectivity index (χ0v) is 20.5. The number of fused-ring (bicyclic) bond motifs is 1. The van der Waals surface area contributed by atoms with E-state index in [0.29, 0.717) is 23.6 Å². The van der Waals surface area contributed by atoms with Crippen LogP contribution in [0.2, 0.25) is 0 Å². The topological polar surface area (TPSA) is 58.6 Å². The number of hydrogen-bond donors (Lipinski definition) is 1. The van der Waals surface area contributed by atoms with E-state index < -0.39 is 0 Å². The molecule has 2 heterocycles. The summed E-state index contributed by atoms with van der Waals surface area (Å²) in [7, 11) is 0. The lowest BCUT2D eigenvalue weighted by molar-refractivity contribution is -0.114. The van der Waals surface area contributed by atoms with Crippen molar-refractivity contribution >= 4 is 35.3 Å². The van der Waals surface area contributed by atoms with Crippen LogP contribution in [0.3, 0.4) is 0 Å². The molecule has 0 unspecified atom stereocenters. The van der Waals surface area contributed by atoms with Crippen molar-refractivity contribution in [3.05, 3.63) is 100.0 Å². The van der Waals surface area contributed by atoms with Gasteiger partial charge in [0.25, 0.3) is 11.8 Å². The van der Waals surface area contributed by atoms with E-state index in [1.54, 1.807) is 4.90 Å². The molecule has 0 spiro atoms. The minimum Gasteiger partial charge on any atom is -0.376 e. The number of aryl methyl sites for hydroxylation is 1. The number of carbonyl (C=O) groups is 2.